The van der Waals surface area contributed by atoms with Gasteiger partial charge in [0.15, 0.2) is 11.5 Å². The maximum absolute atomic E-state index is 12.5. The van der Waals surface area contributed by atoms with E-state index in [0.29, 0.717) is 42.7 Å². The number of hydrogen-bond donors (Lipinski definition) is 1. The molecule has 0 saturated carbocycles. The van der Waals surface area contributed by atoms with Crippen molar-refractivity contribution < 1.29 is 18.8 Å². The summed E-state index contributed by atoms with van der Waals surface area (Å²) in [6, 6.07) is 0.261. The van der Waals surface area contributed by atoms with Crippen LogP contribution in [0.4, 0.5) is 11.8 Å². The molecule has 11 heteroatoms. The molecule has 29 heavy (non-hydrogen) atoms. The first kappa shape index (κ1) is 19.0. The molecule has 3 aliphatic rings. The molecule has 9 nitrogen and oxygen atoms in total. The van der Waals surface area contributed by atoms with Gasteiger partial charge in [-0.3, -0.25) is 0 Å². The Bertz CT molecular complexity index is 885. The molecule has 2 saturated heterocycles. The maximum atomic E-state index is 12.5. The Labute approximate surface area is 175 Å². The topological polar surface area (TPSA) is 113 Å². The third kappa shape index (κ3) is 3.91. The Balaban J connectivity index is 1.28. The lowest BCUT2D eigenvalue weighted by Crippen LogP contribution is -2.53. The third-order valence-corrected chi connectivity index (χ3v) is 7.33. The van der Waals surface area contributed by atoms with E-state index in [2.05, 4.69) is 15.3 Å². The van der Waals surface area contributed by atoms with Gasteiger partial charge in [0.05, 0.1) is 18.6 Å². The van der Waals surface area contributed by atoms with E-state index in [-0.39, 0.29) is 12.1 Å². The van der Waals surface area contributed by atoms with E-state index in [0.717, 1.165) is 36.6 Å². The molecule has 5 heterocycles. The minimum atomic E-state index is -1.06. The number of aromatic nitrogens is 3. The van der Waals surface area contributed by atoms with Gasteiger partial charge in [-0.1, -0.05) is 0 Å². The van der Waals surface area contributed by atoms with Crippen molar-refractivity contribution in [1.29, 1.82) is 0 Å². The summed E-state index contributed by atoms with van der Waals surface area (Å²) in [7, 11) is 0. The van der Waals surface area contributed by atoms with Gasteiger partial charge < -0.3 is 24.2 Å². The van der Waals surface area contributed by atoms with Crippen LogP contribution in [0, 0.1) is 0 Å². The van der Waals surface area contributed by atoms with Crippen LogP contribution in [0.5, 0.6) is 0 Å². The molecule has 2 aromatic heterocycles. The van der Waals surface area contributed by atoms with Gasteiger partial charge in [-0.25, -0.2) is 14.8 Å². The number of nitrogens with one attached hydrogen (secondary N) is 1. The van der Waals surface area contributed by atoms with Crippen molar-refractivity contribution >= 4 is 40.2 Å². The van der Waals surface area contributed by atoms with E-state index in [1.54, 1.807) is 10.9 Å². The Morgan fingerprint density at radius 1 is 1.34 bits per heavy atom. The second-order valence-electron chi connectivity index (χ2n) is 7.28. The molecule has 0 radical (unpaired) electrons. The molecule has 0 unspecified atom stereocenters. The second kappa shape index (κ2) is 8.05. The Kier molecular flexibility index (Phi) is 5.29. The van der Waals surface area contributed by atoms with Crippen LogP contribution < -0.4 is 10.2 Å². The van der Waals surface area contributed by atoms with Crippen LogP contribution in [0.15, 0.2) is 15.8 Å². The molecular weight excluding hydrogens is 414 g/mol. The molecule has 0 bridgehead atoms. The number of anilines is 2. The zero-order valence-electron chi connectivity index (χ0n) is 15.7. The molecule has 2 fully saturated rings. The largest absolute Gasteiger partial charge is 0.611 e. The van der Waals surface area contributed by atoms with E-state index in [1.807, 2.05) is 4.90 Å². The summed E-state index contributed by atoms with van der Waals surface area (Å²) in [4.78, 5) is 28.1. The van der Waals surface area contributed by atoms with E-state index >= 15 is 0 Å². The molecule has 154 valence electrons. The molecular formula is C18H21N5O4S2. The van der Waals surface area contributed by atoms with E-state index in [9.17, 15) is 9.35 Å². The monoisotopic (exact) mass is 435 g/mol. The van der Waals surface area contributed by atoms with Crippen molar-refractivity contribution in [3.63, 3.8) is 0 Å². The predicted octanol–water partition coefficient (Wildman–Crippen LogP) is 1.23. The van der Waals surface area contributed by atoms with Crippen LogP contribution in [-0.2, 0) is 27.1 Å². The van der Waals surface area contributed by atoms with Crippen molar-refractivity contribution in [2.45, 2.75) is 36.3 Å². The molecule has 0 aromatic carbocycles. The molecule has 3 aliphatic heterocycles. The number of nitrogens with zero attached hydrogens (tertiary/aromatic N) is 4. The van der Waals surface area contributed by atoms with E-state index in [4.69, 9.17) is 14.5 Å². The molecule has 0 amide bonds. The van der Waals surface area contributed by atoms with Crippen LogP contribution in [0.3, 0.4) is 0 Å². The zero-order valence-corrected chi connectivity index (χ0v) is 17.3. The number of carbonyl (C=O) groups excluding carboxylic acids is 1. The highest BCUT2D eigenvalue weighted by atomic mass is 32.2. The summed E-state index contributed by atoms with van der Waals surface area (Å²) in [5.41, 5.74) is 2.80. The van der Waals surface area contributed by atoms with Crippen molar-refractivity contribution in [2.24, 2.45) is 0 Å². The fourth-order valence-corrected chi connectivity index (χ4v) is 5.49. The number of thiazole rings is 1. The lowest BCUT2D eigenvalue weighted by Gasteiger charge is -2.38. The van der Waals surface area contributed by atoms with E-state index in [1.165, 1.54) is 11.3 Å². The quantitative estimate of drug-likeness (QED) is 0.547. The van der Waals surface area contributed by atoms with Crippen molar-refractivity contribution in [3.05, 3.63) is 22.3 Å². The molecule has 5 rings (SSSR count). The normalized spacial score (nSPS) is 22.2. The van der Waals surface area contributed by atoms with Crippen molar-refractivity contribution in [2.75, 3.05) is 42.3 Å². The number of esters is 1. The highest BCUT2D eigenvalue weighted by molar-refractivity contribution is 7.91. The summed E-state index contributed by atoms with van der Waals surface area (Å²) in [6.45, 7) is 2.51. The summed E-state index contributed by atoms with van der Waals surface area (Å²) in [5, 5.41) is 5.15. The minimum absolute atomic E-state index is 0.206. The molecule has 0 aliphatic carbocycles. The molecule has 1 N–H and O–H groups in total. The number of aryl methyl sites for hydroxylation is 1. The number of carbonyl (C=O) groups is 1. The van der Waals surface area contributed by atoms with Crippen molar-refractivity contribution in [1.82, 2.24) is 15.0 Å². The fraction of sp³-hybridized carbons (Fsp3) is 0.556. The fourth-order valence-electron chi connectivity index (χ4n) is 3.66. The summed E-state index contributed by atoms with van der Waals surface area (Å²) in [6.07, 6.45) is 2.29. The number of fused-ring (bicyclic) bond motifs is 1. The van der Waals surface area contributed by atoms with Gasteiger partial charge in [0, 0.05) is 31.1 Å². The third-order valence-electron chi connectivity index (χ3n) is 5.28. The first-order valence-corrected chi connectivity index (χ1v) is 11.9. The smallest absolute Gasteiger partial charge is 0.358 e. The maximum Gasteiger partial charge on any atom is 0.358 e. The molecule has 0 spiro atoms. The summed E-state index contributed by atoms with van der Waals surface area (Å²) >= 11 is 0.300. The van der Waals surface area contributed by atoms with Crippen LogP contribution in [-0.4, -0.2) is 69.7 Å². The van der Waals surface area contributed by atoms with Gasteiger partial charge in [-0.05, 0) is 24.0 Å². The average Bonchev–Trinajstić information content (AvgIpc) is 3.35. The van der Waals surface area contributed by atoms with Gasteiger partial charge in [0.25, 0.3) is 0 Å². The van der Waals surface area contributed by atoms with E-state index < -0.39 is 17.1 Å². The second-order valence-corrected chi connectivity index (χ2v) is 9.51. The van der Waals surface area contributed by atoms with Crippen LogP contribution in [0.25, 0.3) is 0 Å². The van der Waals surface area contributed by atoms with Crippen LogP contribution in [0.2, 0.25) is 0 Å². The molecule has 1 atom stereocenters. The lowest BCUT2D eigenvalue weighted by molar-refractivity contribution is 0.0225. The zero-order chi connectivity index (χ0) is 19.8. The number of ether oxygens (including phenoxy) is 2. The first-order chi connectivity index (χ1) is 14.2. The Morgan fingerprint density at radius 2 is 2.17 bits per heavy atom. The average molecular weight is 436 g/mol. The predicted molar refractivity (Wildman–Crippen MR) is 108 cm³/mol. The van der Waals surface area contributed by atoms with Crippen molar-refractivity contribution in [3.8, 4) is 0 Å². The van der Waals surface area contributed by atoms with Crippen LogP contribution >= 0.6 is 11.3 Å². The van der Waals surface area contributed by atoms with Gasteiger partial charge in [0.2, 0.25) is 10.8 Å². The summed E-state index contributed by atoms with van der Waals surface area (Å²) < 4.78 is 23.4. The Morgan fingerprint density at radius 3 is 2.93 bits per heavy atom. The number of rotatable bonds is 5. The highest BCUT2D eigenvalue weighted by Crippen LogP contribution is 2.34. The standard InChI is InChI=1S/C18H21N5O4S2/c24-17(14-9-28-10-19-14)27-12-7-23(8-12)18-21-13-3-6-29(25)15(13)16(22-18)20-11-1-4-26-5-2-11/h9-12H,1-8H2,(H,20,21,22)/t29-/m0/s1. The van der Waals surface area contributed by atoms with Crippen LogP contribution in [0.1, 0.15) is 29.0 Å². The van der Waals surface area contributed by atoms with Gasteiger partial charge >= 0.3 is 5.97 Å². The number of hydrogen-bond acceptors (Lipinski definition) is 10. The molecule has 2 aromatic rings. The first-order valence-electron chi connectivity index (χ1n) is 9.65. The lowest BCUT2D eigenvalue weighted by atomic mass is 10.1. The van der Waals surface area contributed by atoms with Gasteiger partial charge in [-0.2, -0.15) is 4.98 Å². The van der Waals surface area contributed by atoms with Gasteiger partial charge in [0.1, 0.15) is 17.6 Å². The highest BCUT2D eigenvalue weighted by Gasteiger charge is 2.37. The SMILES string of the molecule is O=C(OC1CN(c2nc3c(c(NC4CCOCC4)n2)[S@@+]([O-])CC3)C1)c1cscn1. The Hall–Kier alpha value is -1.95. The van der Waals surface area contributed by atoms with Gasteiger partial charge in [-0.15, -0.1) is 11.3 Å². The minimum Gasteiger partial charge on any atom is -0.611 e. The summed E-state index contributed by atoms with van der Waals surface area (Å²) in [5.74, 6) is 1.46.